The van der Waals surface area contributed by atoms with Gasteiger partial charge in [0, 0.05) is 19.2 Å². The molecule has 134 valence electrons. The molecule has 0 aliphatic rings. The van der Waals surface area contributed by atoms with Gasteiger partial charge in [0.15, 0.2) is 5.16 Å². The molecule has 1 aromatic heterocycles. The number of hydrogen-bond donors (Lipinski definition) is 1. The van der Waals surface area contributed by atoms with Crippen LogP contribution < -0.4 is 10.1 Å². The Balaban J connectivity index is 1.56. The first-order chi connectivity index (χ1) is 12.7. The second-order valence-corrected chi connectivity index (χ2v) is 6.67. The fourth-order valence-corrected chi connectivity index (χ4v) is 3.41. The SMILES string of the molecule is COc1ccccc1CNC(=O)CSc1ncc(-c2ccccc2)n1C. The van der Waals surface area contributed by atoms with Crippen LogP contribution in [-0.4, -0.2) is 28.3 Å². The monoisotopic (exact) mass is 367 g/mol. The number of imidazole rings is 1. The molecule has 0 fully saturated rings. The first kappa shape index (κ1) is 18.1. The highest BCUT2D eigenvalue weighted by molar-refractivity contribution is 7.99. The molecule has 0 atom stereocenters. The minimum absolute atomic E-state index is 0.0369. The third-order valence-electron chi connectivity index (χ3n) is 4.02. The number of para-hydroxylation sites is 1. The number of thioether (sulfide) groups is 1. The molecule has 0 unspecified atom stereocenters. The van der Waals surface area contributed by atoms with Gasteiger partial charge in [0.2, 0.25) is 5.91 Å². The molecule has 0 aliphatic carbocycles. The van der Waals surface area contributed by atoms with Gasteiger partial charge < -0.3 is 14.6 Å². The van der Waals surface area contributed by atoms with Crippen LogP contribution >= 0.6 is 11.8 Å². The number of aromatic nitrogens is 2. The Morgan fingerprint density at radius 3 is 2.65 bits per heavy atom. The molecule has 0 bridgehead atoms. The van der Waals surface area contributed by atoms with Crippen molar-refractivity contribution in [3.05, 3.63) is 66.4 Å². The number of carbonyl (C=O) groups is 1. The van der Waals surface area contributed by atoms with E-state index in [9.17, 15) is 4.79 Å². The summed E-state index contributed by atoms with van der Waals surface area (Å²) in [6, 6.07) is 17.7. The normalized spacial score (nSPS) is 10.5. The topological polar surface area (TPSA) is 56.1 Å². The summed E-state index contributed by atoms with van der Waals surface area (Å²) in [4.78, 5) is 16.6. The van der Waals surface area contributed by atoms with Crippen molar-refractivity contribution in [1.82, 2.24) is 14.9 Å². The molecule has 5 nitrogen and oxygen atoms in total. The number of benzene rings is 2. The lowest BCUT2D eigenvalue weighted by Gasteiger charge is -2.09. The van der Waals surface area contributed by atoms with Gasteiger partial charge in [-0.25, -0.2) is 4.98 Å². The van der Waals surface area contributed by atoms with Crippen molar-refractivity contribution in [2.24, 2.45) is 7.05 Å². The summed E-state index contributed by atoms with van der Waals surface area (Å²) in [5.41, 5.74) is 3.09. The van der Waals surface area contributed by atoms with Gasteiger partial charge in [0.25, 0.3) is 0 Å². The number of nitrogens with zero attached hydrogens (tertiary/aromatic N) is 2. The maximum atomic E-state index is 12.2. The van der Waals surface area contributed by atoms with Crippen LogP contribution in [0.4, 0.5) is 0 Å². The molecule has 2 aromatic carbocycles. The molecule has 26 heavy (non-hydrogen) atoms. The lowest BCUT2D eigenvalue weighted by molar-refractivity contribution is -0.118. The van der Waals surface area contributed by atoms with Crippen molar-refractivity contribution >= 4 is 17.7 Å². The van der Waals surface area contributed by atoms with Gasteiger partial charge in [0.05, 0.1) is 24.8 Å². The molecule has 0 saturated carbocycles. The zero-order chi connectivity index (χ0) is 18.4. The van der Waals surface area contributed by atoms with Gasteiger partial charge in [-0.1, -0.05) is 60.3 Å². The van der Waals surface area contributed by atoms with E-state index in [1.165, 1.54) is 11.8 Å². The Bertz CT molecular complexity index is 878. The van der Waals surface area contributed by atoms with Crippen LogP contribution in [0.3, 0.4) is 0 Å². The predicted octanol–water partition coefficient (Wildman–Crippen LogP) is 3.50. The Hall–Kier alpha value is -2.73. The molecule has 0 aliphatic heterocycles. The van der Waals surface area contributed by atoms with Gasteiger partial charge in [-0.05, 0) is 11.6 Å². The van der Waals surface area contributed by atoms with E-state index < -0.39 is 0 Å². The largest absolute Gasteiger partial charge is 0.496 e. The number of nitrogens with one attached hydrogen (secondary N) is 1. The smallest absolute Gasteiger partial charge is 0.230 e. The Morgan fingerprint density at radius 1 is 1.15 bits per heavy atom. The van der Waals surface area contributed by atoms with E-state index >= 15 is 0 Å². The molecule has 3 aromatic rings. The van der Waals surface area contributed by atoms with Crippen molar-refractivity contribution in [3.63, 3.8) is 0 Å². The van der Waals surface area contributed by atoms with Gasteiger partial charge in [-0.2, -0.15) is 0 Å². The molecule has 0 spiro atoms. The first-order valence-corrected chi connectivity index (χ1v) is 9.26. The number of rotatable bonds is 7. The Labute approximate surface area is 157 Å². The number of hydrogen-bond acceptors (Lipinski definition) is 4. The number of amides is 1. The summed E-state index contributed by atoms with van der Waals surface area (Å²) < 4.78 is 7.31. The zero-order valence-corrected chi connectivity index (χ0v) is 15.6. The van der Waals surface area contributed by atoms with Crippen LogP contribution in [0.25, 0.3) is 11.3 Å². The van der Waals surface area contributed by atoms with Crippen LogP contribution in [0.1, 0.15) is 5.56 Å². The number of ether oxygens (including phenoxy) is 1. The van der Waals surface area contributed by atoms with Crippen LogP contribution in [0.5, 0.6) is 5.75 Å². The van der Waals surface area contributed by atoms with Crippen molar-refractivity contribution in [3.8, 4) is 17.0 Å². The first-order valence-electron chi connectivity index (χ1n) is 8.27. The summed E-state index contributed by atoms with van der Waals surface area (Å²) in [5.74, 6) is 1.05. The lowest BCUT2D eigenvalue weighted by Crippen LogP contribution is -2.25. The number of methoxy groups -OCH3 is 1. The number of carbonyl (C=O) groups excluding carboxylic acids is 1. The van der Waals surface area contributed by atoms with Gasteiger partial charge in [-0.3, -0.25) is 4.79 Å². The van der Waals surface area contributed by atoms with E-state index in [4.69, 9.17) is 4.74 Å². The van der Waals surface area contributed by atoms with Crippen molar-refractivity contribution in [2.75, 3.05) is 12.9 Å². The van der Waals surface area contributed by atoms with Gasteiger partial charge in [0.1, 0.15) is 5.75 Å². The van der Waals surface area contributed by atoms with Crippen LogP contribution in [0.2, 0.25) is 0 Å². The summed E-state index contributed by atoms with van der Waals surface area (Å²) in [7, 11) is 3.59. The second kappa shape index (κ2) is 8.58. The maximum absolute atomic E-state index is 12.2. The average Bonchev–Trinajstić information content (AvgIpc) is 3.06. The quantitative estimate of drug-likeness (QED) is 0.650. The van der Waals surface area contributed by atoms with Gasteiger partial charge in [-0.15, -0.1) is 0 Å². The van der Waals surface area contributed by atoms with E-state index in [2.05, 4.69) is 10.3 Å². The molecular formula is C20H21N3O2S. The van der Waals surface area contributed by atoms with Crippen molar-refractivity contribution < 1.29 is 9.53 Å². The minimum atomic E-state index is -0.0369. The fraction of sp³-hybridized carbons (Fsp3) is 0.200. The van der Waals surface area contributed by atoms with Crippen molar-refractivity contribution in [2.45, 2.75) is 11.7 Å². The summed E-state index contributed by atoms with van der Waals surface area (Å²) >= 11 is 1.42. The van der Waals surface area contributed by atoms with Gasteiger partial charge >= 0.3 is 0 Å². The van der Waals surface area contributed by atoms with E-state index in [0.717, 1.165) is 27.7 Å². The van der Waals surface area contributed by atoms with Crippen LogP contribution in [-0.2, 0) is 18.4 Å². The van der Waals surface area contributed by atoms with E-state index in [1.54, 1.807) is 7.11 Å². The molecule has 1 amide bonds. The van der Waals surface area contributed by atoms with Crippen molar-refractivity contribution in [1.29, 1.82) is 0 Å². The molecule has 1 heterocycles. The summed E-state index contributed by atoms with van der Waals surface area (Å²) in [5, 5.41) is 3.74. The maximum Gasteiger partial charge on any atom is 0.230 e. The van der Waals surface area contributed by atoms with E-state index in [0.29, 0.717) is 12.3 Å². The Morgan fingerprint density at radius 2 is 1.88 bits per heavy atom. The third kappa shape index (κ3) is 4.26. The highest BCUT2D eigenvalue weighted by Gasteiger charge is 2.11. The minimum Gasteiger partial charge on any atom is -0.496 e. The standard InChI is InChI=1S/C20H21N3O2S/c1-23-17(15-8-4-3-5-9-15)13-22-20(23)26-14-19(24)21-12-16-10-6-7-11-18(16)25-2/h3-11,13H,12,14H2,1-2H3,(H,21,24). The fourth-order valence-electron chi connectivity index (χ4n) is 2.63. The molecule has 0 radical (unpaired) electrons. The highest BCUT2D eigenvalue weighted by Crippen LogP contribution is 2.24. The lowest BCUT2D eigenvalue weighted by atomic mass is 10.2. The summed E-state index contributed by atoms with van der Waals surface area (Å²) in [6.45, 7) is 0.444. The second-order valence-electron chi connectivity index (χ2n) is 5.73. The highest BCUT2D eigenvalue weighted by atomic mass is 32.2. The molecule has 0 saturated heterocycles. The average molecular weight is 367 g/mol. The van der Waals surface area contributed by atoms with Crippen LogP contribution in [0, 0.1) is 0 Å². The van der Waals surface area contributed by atoms with E-state index in [1.807, 2.05) is 72.4 Å². The predicted molar refractivity (Wildman–Crippen MR) is 104 cm³/mol. The van der Waals surface area contributed by atoms with E-state index in [-0.39, 0.29) is 5.91 Å². The third-order valence-corrected chi connectivity index (χ3v) is 5.06. The molecule has 1 N–H and O–H groups in total. The zero-order valence-electron chi connectivity index (χ0n) is 14.8. The molecule has 3 rings (SSSR count). The van der Waals surface area contributed by atoms with Crippen LogP contribution in [0.15, 0.2) is 66.0 Å². The molecule has 6 heteroatoms. The molecular weight excluding hydrogens is 346 g/mol. The summed E-state index contributed by atoms with van der Waals surface area (Å²) in [6.07, 6.45) is 1.84. The Kier molecular flexibility index (Phi) is 5.96.